The van der Waals surface area contributed by atoms with E-state index in [1.807, 2.05) is 30.1 Å². The van der Waals surface area contributed by atoms with E-state index in [9.17, 15) is 9.18 Å². The maximum absolute atomic E-state index is 13.2. The monoisotopic (exact) mass is 247 g/mol. The van der Waals surface area contributed by atoms with E-state index in [1.165, 1.54) is 18.2 Å². The van der Waals surface area contributed by atoms with Crippen LogP contribution in [0.3, 0.4) is 0 Å². The predicted molar refractivity (Wildman–Crippen MR) is 67.4 cm³/mol. The molecule has 2 rings (SSSR count). The molecule has 2 aromatic rings. The van der Waals surface area contributed by atoms with Gasteiger partial charge in [-0.25, -0.2) is 4.39 Å². The second-order valence-corrected chi connectivity index (χ2v) is 4.07. The van der Waals surface area contributed by atoms with Gasteiger partial charge >= 0.3 is 0 Å². The summed E-state index contributed by atoms with van der Waals surface area (Å²) in [5.74, 6) is -0.960. The first-order chi connectivity index (χ1) is 8.58. The van der Waals surface area contributed by atoms with Crippen LogP contribution in [0.25, 0.3) is 0 Å². The topological polar surface area (TPSA) is 60.0 Å². The molecular formula is C13H14FN3O. The lowest BCUT2D eigenvalue weighted by Crippen LogP contribution is -2.23. The molecule has 0 bridgehead atoms. The lowest BCUT2D eigenvalue weighted by Gasteiger charge is -2.07. The van der Waals surface area contributed by atoms with E-state index in [1.54, 1.807) is 0 Å². The molecule has 94 valence electrons. The normalized spacial score (nSPS) is 10.3. The van der Waals surface area contributed by atoms with Gasteiger partial charge in [-0.3, -0.25) is 4.79 Å². The van der Waals surface area contributed by atoms with Crippen molar-refractivity contribution in [3.8, 4) is 0 Å². The molecule has 4 nitrogen and oxygen atoms in total. The minimum Gasteiger partial charge on any atom is -0.396 e. The van der Waals surface area contributed by atoms with Crippen molar-refractivity contribution in [3.63, 3.8) is 0 Å². The van der Waals surface area contributed by atoms with Crippen molar-refractivity contribution in [2.24, 2.45) is 7.05 Å². The third-order valence-electron chi connectivity index (χ3n) is 2.64. The Balaban J connectivity index is 2.06. The summed E-state index contributed by atoms with van der Waals surface area (Å²) in [6, 6.07) is 6.08. The van der Waals surface area contributed by atoms with Gasteiger partial charge in [0.2, 0.25) is 0 Å². The van der Waals surface area contributed by atoms with Gasteiger partial charge in [-0.2, -0.15) is 0 Å². The number of anilines is 1. The van der Waals surface area contributed by atoms with Crippen LogP contribution in [-0.2, 0) is 13.6 Å². The molecule has 1 heterocycles. The zero-order chi connectivity index (χ0) is 13.1. The molecule has 1 amide bonds. The van der Waals surface area contributed by atoms with Crippen LogP contribution in [-0.4, -0.2) is 10.5 Å². The number of aromatic nitrogens is 1. The number of para-hydroxylation sites is 1. The fraction of sp³-hybridized carbons (Fsp3) is 0.154. The molecule has 1 aromatic carbocycles. The van der Waals surface area contributed by atoms with E-state index in [2.05, 4.69) is 5.32 Å². The summed E-state index contributed by atoms with van der Waals surface area (Å²) < 4.78 is 15.1. The number of rotatable bonds is 3. The van der Waals surface area contributed by atoms with Crippen molar-refractivity contribution in [1.29, 1.82) is 0 Å². The smallest absolute Gasteiger partial charge is 0.253 e. The van der Waals surface area contributed by atoms with Crippen molar-refractivity contribution in [2.45, 2.75) is 6.54 Å². The average molecular weight is 247 g/mol. The summed E-state index contributed by atoms with van der Waals surface area (Å²) in [7, 11) is 1.90. The SMILES string of the molecule is Cn1ccc(CNC(=O)c2cccc(F)c2N)c1. The number of halogens is 1. The summed E-state index contributed by atoms with van der Waals surface area (Å²) in [5.41, 5.74) is 6.53. The Morgan fingerprint density at radius 1 is 1.44 bits per heavy atom. The molecule has 0 atom stereocenters. The molecule has 0 aliphatic rings. The maximum Gasteiger partial charge on any atom is 0.253 e. The number of benzene rings is 1. The van der Waals surface area contributed by atoms with Gasteiger partial charge in [0.1, 0.15) is 5.82 Å². The van der Waals surface area contributed by atoms with E-state index in [-0.39, 0.29) is 17.2 Å². The van der Waals surface area contributed by atoms with Gasteiger partial charge in [0.15, 0.2) is 0 Å². The van der Waals surface area contributed by atoms with E-state index >= 15 is 0 Å². The molecule has 0 unspecified atom stereocenters. The van der Waals surface area contributed by atoms with Gasteiger partial charge < -0.3 is 15.6 Å². The van der Waals surface area contributed by atoms with Crippen LogP contribution in [0.5, 0.6) is 0 Å². The number of hydrogen-bond donors (Lipinski definition) is 2. The van der Waals surface area contributed by atoms with Crippen molar-refractivity contribution in [2.75, 3.05) is 5.73 Å². The molecule has 5 heteroatoms. The highest BCUT2D eigenvalue weighted by Crippen LogP contribution is 2.15. The molecule has 0 spiro atoms. The fourth-order valence-corrected chi connectivity index (χ4v) is 1.68. The number of nitrogens with zero attached hydrogens (tertiary/aromatic N) is 1. The quantitative estimate of drug-likeness (QED) is 0.811. The van der Waals surface area contributed by atoms with Gasteiger partial charge in [0.25, 0.3) is 5.91 Å². The number of nitrogens with one attached hydrogen (secondary N) is 1. The van der Waals surface area contributed by atoms with Crippen molar-refractivity contribution < 1.29 is 9.18 Å². The number of carbonyl (C=O) groups excluding carboxylic acids is 1. The van der Waals surface area contributed by atoms with Crippen molar-refractivity contribution in [3.05, 3.63) is 53.6 Å². The van der Waals surface area contributed by atoms with E-state index in [0.29, 0.717) is 6.54 Å². The standard InChI is InChI=1S/C13H14FN3O/c1-17-6-5-9(8-17)7-16-13(18)10-3-2-4-11(14)12(10)15/h2-6,8H,7,15H2,1H3,(H,16,18). The highest BCUT2D eigenvalue weighted by atomic mass is 19.1. The lowest BCUT2D eigenvalue weighted by molar-refractivity contribution is 0.0951. The average Bonchev–Trinajstić information content (AvgIpc) is 2.76. The van der Waals surface area contributed by atoms with Crippen LogP contribution in [0.2, 0.25) is 0 Å². The van der Waals surface area contributed by atoms with Gasteiger partial charge in [0, 0.05) is 26.0 Å². The summed E-state index contributed by atoms with van der Waals surface area (Å²) in [6.45, 7) is 0.385. The van der Waals surface area contributed by atoms with E-state index < -0.39 is 5.82 Å². The van der Waals surface area contributed by atoms with E-state index in [4.69, 9.17) is 5.73 Å². The second kappa shape index (κ2) is 4.91. The Bertz CT molecular complexity index is 577. The van der Waals surface area contributed by atoms with Crippen LogP contribution in [0.15, 0.2) is 36.7 Å². The molecule has 0 fully saturated rings. The first-order valence-corrected chi connectivity index (χ1v) is 5.51. The number of hydrogen-bond acceptors (Lipinski definition) is 2. The summed E-state index contributed by atoms with van der Waals surface area (Å²) in [6.07, 6.45) is 3.78. The minimum absolute atomic E-state index is 0.122. The third kappa shape index (κ3) is 2.51. The molecule has 3 N–H and O–H groups in total. The first-order valence-electron chi connectivity index (χ1n) is 5.51. The van der Waals surface area contributed by atoms with Gasteiger partial charge in [-0.1, -0.05) is 6.07 Å². The largest absolute Gasteiger partial charge is 0.396 e. The Labute approximate surface area is 104 Å². The Morgan fingerprint density at radius 3 is 2.89 bits per heavy atom. The first kappa shape index (κ1) is 12.2. The molecule has 0 saturated carbocycles. The zero-order valence-corrected chi connectivity index (χ0v) is 9.98. The van der Waals surface area contributed by atoms with Gasteiger partial charge in [-0.05, 0) is 23.8 Å². The Morgan fingerprint density at radius 2 is 2.22 bits per heavy atom. The summed E-state index contributed by atoms with van der Waals surface area (Å²) in [4.78, 5) is 11.8. The van der Waals surface area contributed by atoms with Crippen molar-refractivity contribution >= 4 is 11.6 Å². The molecule has 0 saturated heterocycles. The molecule has 18 heavy (non-hydrogen) atoms. The summed E-state index contributed by atoms with van der Waals surface area (Å²) >= 11 is 0. The van der Waals surface area contributed by atoms with Crippen LogP contribution < -0.4 is 11.1 Å². The predicted octanol–water partition coefficient (Wildman–Crippen LogP) is 1.68. The Hall–Kier alpha value is -2.30. The van der Waals surface area contributed by atoms with Crippen LogP contribution in [0.1, 0.15) is 15.9 Å². The summed E-state index contributed by atoms with van der Waals surface area (Å²) in [5, 5.41) is 2.70. The number of nitrogens with two attached hydrogens (primary N) is 1. The number of nitrogen functional groups attached to an aromatic ring is 1. The van der Waals surface area contributed by atoms with Crippen LogP contribution >= 0.6 is 0 Å². The Kier molecular flexibility index (Phi) is 3.32. The van der Waals surface area contributed by atoms with Gasteiger partial charge in [0.05, 0.1) is 11.3 Å². The van der Waals surface area contributed by atoms with Crippen molar-refractivity contribution in [1.82, 2.24) is 9.88 Å². The third-order valence-corrected chi connectivity index (χ3v) is 2.64. The number of amides is 1. The van der Waals surface area contributed by atoms with Crippen LogP contribution in [0.4, 0.5) is 10.1 Å². The fourth-order valence-electron chi connectivity index (χ4n) is 1.68. The highest BCUT2D eigenvalue weighted by molar-refractivity contribution is 5.99. The molecular weight excluding hydrogens is 233 g/mol. The molecule has 1 aromatic heterocycles. The van der Waals surface area contributed by atoms with Crippen LogP contribution in [0, 0.1) is 5.82 Å². The molecule has 0 aliphatic heterocycles. The number of carbonyl (C=O) groups is 1. The number of aryl methyl sites for hydroxylation is 1. The highest BCUT2D eigenvalue weighted by Gasteiger charge is 2.12. The zero-order valence-electron chi connectivity index (χ0n) is 9.98. The van der Waals surface area contributed by atoms with Gasteiger partial charge in [-0.15, -0.1) is 0 Å². The minimum atomic E-state index is -0.581. The van der Waals surface area contributed by atoms with E-state index in [0.717, 1.165) is 5.56 Å². The maximum atomic E-state index is 13.2. The molecule has 0 aliphatic carbocycles. The lowest BCUT2D eigenvalue weighted by atomic mass is 10.1. The molecule has 0 radical (unpaired) electrons. The second-order valence-electron chi connectivity index (χ2n) is 4.07.